The van der Waals surface area contributed by atoms with E-state index in [2.05, 4.69) is 32.5 Å². The van der Waals surface area contributed by atoms with Crippen molar-refractivity contribution >= 4 is 18.2 Å². The van der Waals surface area contributed by atoms with E-state index in [1.165, 1.54) is 16.1 Å². The van der Waals surface area contributed by atoms with Gasteiger partial charge in [-0.2, -0.15) is 9.50 Å². The van der Waals surface area contributed by atoms with E-state index in [1.54, 1.807) is 0 Å². The third kappa shape index (κ3) is 4.07. The van der Waals surface area contributed by atoms with E-state index in [0.717, 1.165) is 17.7 Å². The molecular formula is C20H20ClN5O. The van der Waals surface area contributed by atoms with Crippen molar-refractivity contribution in [2.75, 3.05) is 0 Å². The van der Waals surface area contributed by atoms with Crippen LogP contribution in [0.4, 0.5) is 0 Å². The third-order valence-electron chi connectivity index (χ3n) is 4.26. The van der Waals surface area contributed by atoms with Crippen molar-refractivity contribution in [3.63, 3.8) is 0 Å². The molecule has 0 bridgehead atoms. The number of halogens is 1. The highest BCUT2D eigenvalue weighted by molar-refractivity contribution is 5.85. The van der Waals surface area contributed by atoms with E-state index >= 15 is 0 Å². The zero-order valence-electron chi connectivity index (χ0n) is 14.8. The van der Waals surface area contributed by atoms with Crippen LogP contribution in [-0.4, -0.2) is 19.6 Å². The number of aromatic nitrogens is 4. The first-order chi connectivity index (χ1) is 12.7. The number of hydrogen-bond donors (Lipinski definition) is 2. The summed E-state index contributed by atoms with van der Waals surface area (Å²) in [4.78, 5) is 21.4. The first-order valence-corrected chi connectivity index (χ1v) is 8.50. The Morgan fingerprint density at radius 2 is 1.74 bits per heavy atom. The summed E-state index contributed by atoms with van der Waals surface area (Å²) < 4.78 is 1.38. The number of aromatic amines is 1. The van der Waals surface area contributed by atoms with Crippen LogP contribution < -0.4 is 10.9 Å². The maximum Gasteiger partial charge on any atom is 0.274 e. The number of benzene rings is 2. The van der Waals surface area contributed by atoms with Gasteiger partial charge >= 0.3 is 0 Å². The average molecular weight is 382 g/mol. The van der Waals surface area contributed by atoms with Gasteiger partial charge in [-0.25, -0.2) is 4.98 Å². The molecule has 2 aromatic heterocycles. The van der Waals surface area contributed by atoms with Crippen molar-refractivity contribution in [2.24, 2.45) is 0 Å². The van der Waals surface area contributed by atoms with Crippen molar-refractivity contribution in [1.29, 1.82) is 0 Å². The Kier molecular flexibility index (Phi) is 5.69. The highest BCUT2D eigenvalue weighted by Gasteiger charge is 2.10. The standard InChI is InChI=1S/C20H19N5O.ClH/c1-14-7-5-6-10-17(14)19-23-20-22-16(11-18(26)25(20)24-19)13-21-12-15-8-3-2-4-9-15;/h2-11,21H,12-13H2,1H3,(H,22,23,24);1H. The van der Waals surface area contributed by atoms with Gasteiger partial charge in [-0.15, -0.1) is 12.4 Å². The molecule has 2 aromatic carbocycles. The van der Waals surface area contributed by atoms with Crippen LogP contribution in [0.3, 0.4) is 0 Å². The molecule has 0 unspecified atom stereocenters. The lowest BCUT2D eigenvalue weighted by atomic mass is 10.1. The molecule has 2 N–H and O–H groups in total. The maximum atomic E-state index is 12.4. The summed E-state index contributed by atoms with van der Waals surface area (Å²) in [5.41, 5.74) is 3.74. The fourth-order valence-corrected chi connectivity index (χ4v) is 2.91. The molecule has 4 aromatic rings. The minimum absolute atomic E-state index is 0. The highest BCUT2D eigenvalue weighted by Crippen LogP contribution is 2.19. The molecule has 0 atom stereocenters. The van der Waals surface area contributed by atoms with Crippen molar-refractivity contribution < 1.29 is 0 Å². The summed E-state index contributed by atoms with van der Waals surface area (Å²) in [6.45, 7) is 3.24. The number of hydrogen-bond acceptors (Lipinski definition) is 4. The third-order valence-corrected chi connectivity index (χ3v) is 4.26. The minimum Gasteiger partial charge on any atom is -0.307 e. The Labute approximate surface area is 162 Å². The first-order valence-electron chi connectivity index (χ1n) is 8.50. The van der Waals surface area contributed by atoms with Crippen LogP contribution in [-0.2, 0) is 13.1 Å². The molecule has 0 aliphatic heterocycles. The Bertz CT molecular complexity index is 1100. The SMILES string of the molecule is Cc1ccccc1-c1nc2nc(CNCc3ccccc3)cc(=O)n2[nH]1.Cl. The van der Waals surface area contributed by atoms with Crippen molar-refractivity contribution in [3.8, 4) is 11.4 Å². The van der Waals surface area contributed by atoms with Gasteiger partial charge in [0, 0.05) is 24.7 Å². The molecule has 0 spiro atoms. The van der Waals surface area contributed by atoms with E-state index in [9.17, 15) is 4.79 Å². The number of rotatable bonds is 5. The van der Waals surface area contributed by atoms with Crippen LogP contribution in [0.25, 0.3) is 17.2 Å². The average Bonchev–Trinajstić information content (AvgIpc) is 3.07. The second kappa shape index (κ2) is 8.16. The van der Waals surface area contributed by atoms with E-state index in [-0.39, 0.29) is 18.0 Å². The molecule has 0 fully saturated rings. The Hall–Kier alpha value is -2.96. The van der Waals surface area contributed by atoms with Gasteiger partial charge < -0.3 is 5.32 Å². The van der Waals surface area contributed by atoms with Crippen molar-refractivity contribution in [3.05, 3.63) is 87.8 Å². The van der Waals surface area contributed by atoms with Gasteiger partial charge in [0.2, 0.25) is 0 Å². The molecule has 138 valence electrons. The summed E-state index contributed by atoms with van der Waals surface area (Å²) in [7, 11) is 0. The van der Waals surface area contributed by atoms with E-state index < -0.39 is 0 Å². The lowest BCUT2D eigenvalue weighted by Gasteiger charge is -2.04. The molecule has 0 radical (unpaired) electrons. The van der Waals surface area contributed by atoms with Crippen LogP contribution in [0.2, 0.25) is 0 Å². The number of H-pyrrole nitrogens is 1. The normalized spacial score (nSPS) is 10.7. The number of aryl methyl sites for hydroxylation is 1. The van der Waals surface area contributed by atoms with Gasteiger partial charge in [0.25, 0.3) is 11.3 Å². The smallest absolute Gasteiger partial charge is 0.274 e. The summed E-state index contributed by atoms with van der Waals surface area (Å²) in [6.07, 6.45) is 0. The Morgan fingerprint density at radius 3 is 2.52 bits per heavy atom. The van der Waals surface area contributed by atoms with Gasteiger partial charge in [0.05, 0.1) is 5.69 Å². The van der Waals surface area contributed by atoms with Gasteiger partial charge in [-0.05, 0) is 18.1 Å². The number of nitrogens with one attached hydrogen (secondary N) is 2. The first kappa shape index (κ1) is 18.8. The van der Waals surface area contributed by atoms with Gasteiger partial charge in [0.15, 0.2) is 5.82 Å². The van der Waals surface area contributed by atoms with Crippen LogP contribution in [0.1, 0.15) is 16.8 Å². The lowest BCUT2D eigenvalue weighted by molar-refractivity contribution is 0.676. The van der Waals surface area contributed by atoms with Crippen LogP contribution >= 0.6 is 12.4 Å². The summed E-state index contributed by atoms with van der Waals surface area (Å²) in [6, 6.07) is 19.6. The van der Waals surface area contributed by atoms with Crippen LogP contribution in [0, 0.1) is 6.92 Å². The van der Waals surface area contributed by atoms with E-state index in [0.29, 0.717) is 23.8 Å². The molecule has 0 aliphatic carbocycles. The molecule has 0 amide bonds. The molecule has 6 nitrogen and oxygen atoms in total. The Morgan fingerprint density at radius 1 is 1.00 bits per heavy atom. The van der Waals surface area contributed by atoms with Crippen molar-refractivity contribution in [2.45, 2.75) is 20.0 Å². The molecule has 7 heteroatoms. The zero-order chi connectivity index (χ0) is 17.9. The fourth-order valence-electron chi connectivity index (χ4n) is 2.91. The lowest BCUT2D eigenvalue weighted by Crippen LogP contribution is -2.20. The molecule has 0 aliphatic rings. The molecule has 4 rings (SSSR count). The molecule has 0 saturated heterocycles. The molecule has 2 heterocycles. The van der Waals surface area contributed by atoms with Gasteiger partial charge in [-0.1, -0.05) is 54.6 Å². The molecule has 0 saturated carbocycles. The van der Waals surface area contributed by atoms with Gasteiger partial charge in [0.1, 0.15) is 0 Å². The second-order valence-corrected chi connectivity index (χ2v) is 6.20. The monoisotopic (exact) mass is 381 g/mol. The predicted molar refractivity (Wildman–Crippen MR) is 108 cm³/mol. The molecular weight excluding hydrogens is 362 g/mol. The number of fused-ring (bicyclic) bond motifs is 1. The summed E-state index contributed by atoms with van der Waals surface area (Å²) >= 11 is 0. The predicted octanol–water partition coefficient (Wildman–Crippen LogP) is 3.10. The van der Waals surface area contributed by atoms with Crippen molar-refractivity contribution in [1.82, 2.24) is 24.9 Å². The van der Waals surface area contributed by atoms with Crippen LogP contribution in [0.5, 0.6) is 0 Å². The minimum atomic E-state index is -0.168. The topological polar surface area (TPSA) is 75.1 Å². The second-order valence-electron chi connectivity index (χ2n) is 6.20. The van der Waals surface area contributed by atoms with Gasteiger partial charge in [-0.3, -0.25) is 9.89 Å². The molecule has 27 heavy (non-hydrogen) atoms. The van der Waals surface area contributed by atoms with Crippen LogP contribution in [0.15, 0.2) is 65.5 Å². The highest BCUT2D eigenvalue weighted by atomic mass is 35.5. The fraction of sp³-hybridized carbons (Fsp3) is 0.150. The largest absolute Gasteiger partial charge is 0.307 e. The number of nitrogens with zero attached hydrogens (tertiary/aromatic N) is 3. The zero-order valence-corrected chi connectivity index (χ0v) is 15.7. The Balaban J connectivity index is 0.00000210. The van der Waals surface area contributed by atoms with E-state index in [4.69, 9.17) is 0 Å². The summed E-state index contributed by atoms with van der Waals surface area (Å²) in [5, 5.41) is 6.35. The summed E-state index contributed by atoms with van der Waals surface area (Å²) in [5.74, 6) is 1.02. The maximum absolute atomic E-state index is 12.4. The van der Waals surface area contributed by atoms with E-state index in [1.807, 2.05) is 49.4 Å². The quantitative estimate of drug-likeness (QED) is 0.557.